The number of nitrogens with one attached hydrogen (secondary N) is 1. The molecule has 2 aromatic carbocycles. The number of aromatic hydroxyl groups is 1. The van der Waals surface area contributed by atoms with Crippen molar-refractivity contribution in [3.05, 3.63) is 65.2 Å². The molecule has 3 rings (SSSR count). The third kappa shape index (κ3) is 4.46. The van der Waals surface area contributed by atoms with Gasteiger partial charge in [-0.15, -0.1) is 0 Å². The Hall–Kier alpha value is -2.73. The van der Waals surface area contributed by atoms with Gasteiger partial charge in [0.25, 0.3) is 5.24 Å². The number of rotatable bonds is 6. The highest BCUT2D eigenvalue weighted by molar-refractivity contribution is 8.15. The minimum absolute atomic E-state index is 0.121. The van der Waals surface area contributed by atoms with Crippen LogP contribution in [0.3, 0.4) is 0 Å². The molecule has 134 valence electrons. The highest BCUT2D eigenvalue weighted by Crippen LogP contribution is 2.27. The van der Waals surface area contributed by atoms with Crippen LogP contribution in [0.15, 0.2) is 48.5 Å². The number of carbonyl (C=O) groups excluding carboxylic acids is 2. The number of phenolic OH excluding ortho intramolecular Hbond substituents is 1. The number of hydrogen-bond donors (Lipinski definition) is 2. The van der Waals surface area contributed by atoms with E-state index in [0.717, 1.165) is 34.9 Å². The van der Waals surface area contributed by atoms with Crippen LogP contribution < -0.4 is 10.1 Å². The molecule has 1 unspecified atom stereocenters. The van der Waals surface area contributed by atoms with Gasteiger partial charge in [0.2, 0.25) is 5.91 Å². The van der Waals surface area contributed by atoms with Gasteiger partial charge in [0, 0.05) is 0 Å². The minimum atomic E-state index is -0.335. The second kappa shape index (κ2) is 8.10. The average Bonchev–Trinajstić information content (AvgIpc) is 2.95. The lowest BCUT2D eigenvalue weighted by Gasteiger charge is -2.06. The quantitative estimate of drug-likeness (QED) is 0.814. The van der Waals surface area contributed by atoms with Crippen molar-refractivity contribution in [3.8, 4) is 11.5 Å². The van der Waals surface area contributed by atoms with E-state index in [1.165, 1.54) is 7.11 Å². The van der Waals surface area contributed by atoms with Crippen molar-refractivity contribution in [2.75, 3.05) is 7.11 Å². The normalized spacial score (nSPS) is 16.9. The maximum absolute atomic E-state index is 11.6. The molecule has 1 saturated heterocycles. The molecular weight excluding hydrogens is 350 g/mol. The molecule has 1 heterocycles. The summed E-state index contributed by atoms with van der Waals surface area (Å²) in [4.78, 5) is 22.8. The van der Waals surface area contributed by atoms with Gasteiger partial charge in [-0.1, -0.05) is 54.2 Å². The lowest BCUT2D eigenvalue weighted by Crippen LogP contribution is -2.25. The molecule has 2 aromatic rings. The van der Waals surface area contributed by atoms with Crippen LogP contribution in [0.2, 0.25) is 0 Å². The first-order valence-electron chi connectivity index (χ1n) is 8.18. The molecule has 0 bridgehead atoms. The minimum Gasteiger partial charge on any atom is -0.504 e. The van der Waals surface area contributed by atoms with Gasteiger partial charge >= 0.3 is 0 Å². The predicted molar refractivity (Wildman–Crippen MR) is 102 cm³/mol. The molecule has 26 heavy (non-hydrogen) atoms. The van der Waals surface area contributed by atoms with Gasteiger partial charge in [-0.2, -0.15) is 0 Å². The standard InChI is InChI=1S/C20H19NO4S/c1-25-17-11-14(9-10-16(17)22)4-2-3-13-5-7-15(8-6-13)12-18-19(23)21-20(24)26-18/h2,4-11,18,22H,3,12H2,1H3,(H,21,23,24)/b4-2+. The van der Waals surface area contributed by atoms with Crippen LogP contribution in [-0.4, -0.2) is 28.6 Å². The summed E-state index contributed by atoms with van der Waals surface area (Å²) in [5.74, 6) is 0.358. The van der Waals surface area contributed by atoms with Crippen molar-refractivity contribution in [2.45, 2.75) is 18.1 Å². The van der Waals surface area contributed by atoms with Crippen LogP contribution in [0, 0.1) is 0 Å². The van der Waals surface area contributed by atoms with Crippen LogP contribution in [0.25, 0.3) is 6.08 Å². The fourth-order valence-corrected chi connectivity index (χ4v) is 3.54. The number of hydrogen-bond acceptors (Lipinski definition) is 5. The van der Waals surface area contributed by atoms with Gasteiger partial charge < -0.3 is 9.84 Å². The van der Waals surface area contributed by atoms with E-state index in [2.05, 4.69) is 5.32 Å². The Labute approximate surface area is 156 Å². The van der Waals surface area contributed by atoms with Crippen LogP contribution in [0.4, 0.5) is 4.79 Å². The highest BCUT2D eigenvalue weighted by atomic mass is 32.2. The number of amides is 2. The van der Waals surface area contributed by atoms with Gasteiger partial charge in [-0.25, -0.2) is 0 Å². The molecule has 1 fully saturated rings. The monoisotopic (exact) mass is 369 g/mol. The predicted octanol–water partition coefficient (Wildman–Crippen LogP) is 3.55. The fourth-order valence-electron chi connectivity index (χ4n) is 2.68. The molecule has 0 radical (unpaired) electrons. The Morgan fingerprint density at radius 2 is 1.88 bits per heavy atom. The zero-order chi connectivity index (χ0) is 18.5. The summed E-state index contributed by atoms with van der Waals surface area (Å²) < 4.78 is 5.10. The lowest BCUT2D eigenvalue weighted by atomic mass is 10.0. The van der Waals surface area contributed by atoms with E-state index < -0.39 is 0 Å². The van der Waals surface area contributed by atoms with Crippen molar-refractivity contribution in [1.29, 1.82) is 0 Å². The third-order valence-corrected chi connectivity index (χ3v) is 5.06. The second-order valence-electron chi connectivity index (χ2n) is 5.94. The first kappa shape index (κ1) is 18.1. The van der Waals surface area contributed by atoms with Crippen LogP contribution in [-0.2, 0) is 17.6 Å². The number of benzene rings is 2. The number of phenols is 1. The maximum Gasteiger partial charge on any atom is 0.286 e. The molecule has 1 aliphatic heterocycles. The fraction of sp³-hybridized carbons (Fsp3) is 0.200. The van der Waals surface area contributed by atoms with E-state index >= 15 is 0 Å². The lowest BCUT2D eigenvalue weighted by molar-refractivity contribution is -0.118. The van der Waals surface area contributed by atoms with Gasteiger partial charge in [0.05, 0.1) is 12.4 Å². The molecule has 6 heteroatoms. The molecule has 2 amide bonds. The van der Waals surface area contributed by atoms with E-state index in [-0.39, 0.29) is 22.1 Å². The molecule has 0 spiro atoms. The Morgan fingerprint density at radius 1 is 1.15 bits per heavy atom. The van der Waals surface area contributed by atoms with Gasteiger partial charge in [0.15, 0.2) is 11.5 Å². The first-order chi connectivity index (χ1) is 12.5. The largest absolute Gasteiger partial charge is 0.504 e. The van der Waals surface area contributed by atoms with Gasteiger partial charge in [0.1, 0.15) is 0 Å². The number of thioether (sulfide) groups is 1. The number of ether oxygens (including phenoxy) is 1. The summed E-state index contributed by atoms with van der Waals surface area (Å²) >= 11 is 1.05. The van der Waals surface area contributed by atoms with E-state index in [1.807, 2.05) is 42.5 Å². The zero-order valence-corrected chi connectivity index (χ0v) is 15.1. The summed E-state index contributed by atoms with van der Waals surface area (Å²) in [6.45, 7) is 0. The molecule has 5 nitrogen and oxygen atoms in total. The Morgan fingerprint density at radius 3 is 2.54 bits per heavy atom. The highest BCUT2D eigenvalue weighted by Gasteiger charge is 2.31. The van der Waals surface area contributed by atoms with Crippen molar-refractivity contribution in [2.24, 2.45) is 0 Å². The average molecular weight is 369 g/mol. The molecule has 2 N–H and O–H groups in total. The summed E-state index contributed by atoms with van der Waals surface area (Å²) in [6, 6.07) is 13.2. The van der Waals surface area contributed by atoms with E-state index in [9.17, 15) is 14.7 Å². The summed E-state index contributed by atoms with van der Waals surface area (Å²) in [6.07, 6.45) is 5.33. The van der Waals surface area contributed by atoms with E-state index in [1.54, 1.807) is 12.1 Å². The molecule has 0 aromatic heterocycles. The number of carbonyl (C=O) groups is 2. The summed E-state index contributed by atoms with van der Waals surface area (Å²) in [7, 11) is 1.52. The van der Waals surface area contributed by atoms with Crippen LogP contribution in [0.5, 0.6) is 11.5 Å². The Kier molecular flexibility index (Phi) is 5.63. The maximum atomic E-state index is 11.6. The Balaban J connectivity index is 1.57. The topological polar surface area (TPSA) is 75.6 Å². The molecule has 0 saturated carbocycles. The smallest absolute Gasteiger partial charge is 0.286 e. The Bertz CT molecular complexity index is 845. The van der Waals surface area contributed by atoms with E-state index in [4.69, 9.17) is 4.74 Å². The van der Waals surface area contributed by atoms with Crippen LogP contribution >= 0.6 is 11.8 Å². The van der Waals surface area contributed by atoms with E-state index in [0.29, 0.717) is 12.2 Å². The van der Waals surface area contributed by atoms with Gasteiger partial charge in [-0.05, 0) is 41.7 Å². The van der Waals surface area contributed by atoms with Crippen molar-refractivity contribution in [3.63, 3.8) is 0 Å². The van der Waals surface area contributed by atoms with Crippen molar-refractivity contribution < 1.29 is 19.4 Å². The second-order valence-corrected chi connectivity index (χ2v) is 7.12. The van der Waals surface area contributed by atoms with Crippen molar-refractivity contribution >= 4 is 29.0 Å². The zero-order valence-electron chi connectivity index (χ0n) is 14.3. The first-order valence-corrected chi connectivity index (χ1v) is 9.06. The SMILES string of the molecule is COc1cc(/C=C/Cc2ccc(CC3SC(=O)NC3=O)cc2)ccc1O. The van der Waals surface area contributed by atoms with Gasteiger partial charge in [-0.3, -0.25) is 14.9 Å². The molecule has 1 atom stereocenters. The summed E-state index contributed by atoms with van der Waals surface area (Å²) in [5, 5.41) is 11.3. The molecule has 1 aliphatic rings. The molecular formula is C20H19NO4S. The summed E-state index contributed by atoms with van der Waals surface area (Å²) in [5.41, 5.74) is 3.13. The number of imide groups is 1. The molecule has 0 aliphatic carbocycles. The van der Waals surface area contributed by atoms with Crippen LogP contribution in [0.1, 0.15) is 16.7 Å². The number of methoxy groups -OCH3 is 1. The number of allylic oxidation sites excluding steroid dienone is 1. The van der Waals surface area contributed by atoms with Crippen molar-refractivity contribution in [1.82, 2.24) is 5.32 Å². The third-order valence-electron chi connectivity index (χ3n) is 4.08.